The van der Waals surface area contributed by atoms with Gasteiger partial charge in [0, 0.05) is 6.42 Å². The average Bonchev–Trinajstić information content (AvgIpc) is 2.96. The van der Waals surface area contributed by atoms with Crippen molar-refractivity contribution in [3.8, 4) is 0 Å². The molecule has 0 saturated carbocycles. The molecule has 1 rings (SSSR count). The number of aliphatic hydroxyl groups is 3. The van der Waals surface area contributed by atoms with Gasteiger partial charge in [0.25, 0.3) is 0 Å². The predicted molar refractivity (Wildman–Crippen MR) is 107 cm³/mol. The van der Waals surface area contributed by atoms with Crippen LogP contribution in [0.5, 0.6) is 0 Å². The number of hydrogen-bond acceptors (Lipinski definition) is 6. The lowest BCUT2D eigenvalue weighted by Gasteiger charge is -2.25. The lowest BCUT2D eigenvalue weighted by atomic mass is 10.1. The largest absolute Gasteiger partial charge is 0.479 e. The first kappa shape index (κ1) is 23.8. The Labute approximate surface area is 164 Å². The lowest BCUT2D eigenvalue weighted by Crippen LogP contribution is -2.42. The van der Waals surface area contributed by atoms with Crippen molar-refractivity contribution in [3.63, 3.8) is 0 Å². The van der Waals surface area contributed by atoms with Crippen molar-refractivity contribution < 1.29 is 24.8 Å². The van der Waals surface area contributed by atoms with Gasteiger partial charge < -0.3 is 24.8 Å². The van der Waals surface area contributed by atoms with Crippen LogP contribution in [-0.4, -0.2) is 58.0 Å². The Kier molecular flexibility index (Phi) is 13.5. The first-order valence-corrected chi connectivity index (χ1v) is 10.8. The molecule has 1 fully saturated rings. The summed E-state index contributed by atoms with van der Waals surface area (Å²) in [6.07, 6.45) is 11.3. The Bertz CT molecular complexity index is 366. The summed E-state index contributed by atoms with van der Waals surface area (Å²) in [6.45, 7) is 2.00. The first-order chi connectivity index (χ1) is 12.6. The molecule has 1 heterocycles. The molecule has 0 aliphatic carbocycles. The summed E-state index contributed by atoms with van der Waals surface area (Å²) in [4.78, 5) is 0. The minimum atomic E-state index is -1.04. The van der Waals surface area contributed by atoms with E-state index in [0.717, 1.165) is 12.8 Å². The monoisotopic (exact) mass is 390 g/mol. The molecule has 4 unspecified atom stereocenters. The Morgan fingerprint density at radius 3 is 2.00 bits per heavy atom. The summed E-state index contributed by atoms with van der Waals surface area (Å²) in [6, 6.07) is 0. The summed E-state index contributed by atoms with van der Waals surface area (Å²) in [5.74, 6) is 0. The Hall–Kier alpha value is -0.270. The molecule has 3 N–H and O–H groups in total. The van der Waals surface area contributed by atoms with E-state index in [0.29, 0.717) is 11.5 Å². The van der Waals surface area contributed by atoms with Gasteiger partial charge in [-0.05, 0) is 18.6 Å². The average molecular weight is 391 g/mol. The van der Waals surface area contributed by atoms with E-state index in [1.807, 2.05) is 0 Å². The van der Waals surface area contributed by atoms with Crippen LogP contribution >= 0.6 is 12.2 Å². The topological polar surface area (TPSA) is 79.2 Å². The van der Waals surface area contributed by atoms with Gasteiger partial charge in [-0.15, -0.1) is 0 Å². The molecule has 0 spiro atoms. The Morgan fingerprint density at radius 1 is 1.00 bits per heavy atom. The van der Waals surface area contributed by atoms with Crippen LogP contribution in [0.1, 0.15) is 84.0 Å². The normalized spacial score (nSPS) is 23.9. The van der Waals surface area contributed by atoms with Crippen LogP contribution in [0.3, 0.4) is 0 Å². The third-order valence-corrected chi connectivity index (χ3v) is 5.30. The minimum absolute atomic E-state index is 0.0526. The van der Waals surface area contributed by atoms with Gasteiger partial charge in [-0.25, -0.2) is 0 Å². The van der Waals surface area contributed by atoms with Crippen LogP contribution in [0.15, 0.2) is 0 Å². The summed E-state index contributed by atoms with van der Waals surface area (Å²) < 4.78 is 10.9. The van der Waals surface area contributed by atoms with Crippen molar-refractivity contribution in [2.24, 2.45) is 0 Å². The van der Waals surface area contributed by atoms with Crippen molar-refractivity contribution in [2.75, 3.05) is 13.2 Å². The highest BCUT2D eigenvalue weighted by Gasteiger charge is 2.41. The molecule has 1 aliphatic rings. The van der Waals surface area contributed by atoms with Gasteiger partial charge in [-0.2, -0.15) is 0 Å². The highest BCUT2D eigenvalue weighted by Crippen LogP contribution is 2.20. The molecule has 5 nitrogen and oxygen atoms in total. The van der Waals surface area contributed by atoms with Gasteiger partial charge in [0.05, 0.1) is 13.2 Å². The van der Waals surface area contributed by atoms with Crippen molar-refractivity contribution in [2.45, 2.75) is 108 Å². The maximum Gasteiger partial charge on any atom is 0.160 e. The molecule has 0 amide bonds. The number of rotatable bonds is 15. The number of aliphatic hydroxyl groups excluding tert-OH is 3. The lowest BCUT2D eigenvalue weighted by molar-refractivity contribution is -0.0621. The third-order valence-electron chi connectivity index (χ3n) is 5.00. The predicted octanol–water partition coefficient (Wildman–Crippen LogP) is 3.51. The maximum atomic E-state index is 9.84. The second-order valence-corrected chi connectivity index (χ2v) is 7.81. The van der Waals surface area contributed by atoms with E-state index >= 15 is 0 Å². The van der Waals surface area contributed by atoms with Crippen LogP contribution in [0.25, 0.3) is 0 Å². The van der Waals surface area contributed by atoms with Gasteiger partial charge in [-0.3, -0.25) is 0 Å². The number of ether oxygens (including phenoxy) is 2. The number of unbranched alkanes of at least 4 members (excludes halogenated alkanes) is 10. The zero-order chi connectivity index (χ0) is 19.2. The van der Waals surface area contributed by atoms with Crippen molar-refractivity contribution in [1.29, 1.82) is 0 Å². The van der Waals surface area contributed by atoms with Crippen LogP contribution in [0, 0.1) is 0 Å². The second kappa shape index (κ2) is 14.7. The SMILES string of the molecule is CCCCCCCCCCCCCC(=S)OC(CO)C1OCC(O)C1O. The van der Waals surface area contributed by atoms with Crippen LogP contribution in [0.4, 0.5) is 0 Å². The molecule has 26 heavy (non-hydrogen) atoms. The van der Waals surface area contributed by atoms with E-state index in [1.54, 1.807) is 0 Å². The molecule has 0 aromatic carbocycles. The van der Waals surface area contributed by atoms with E-state index in [9.17, 15) is 15.3 Å². The molecular weight excluding hydrogens is 352 g/mol. The van der Waals surface area contributed by atoms with Gasteiger partial charge >= 0.3 is 0 Å². The summed E-state index contributed by atoms with van der Waals surface area (Å²) in [5, 5.41) is 29.2. The van der Waals surface area contributed by atoms with Crippen LogP contribution in [-0.2, 0) is 9.47 Å². The van der Waals surface area contributed by atoms with Crippen molar-refractivity contribution in [3.05, 3.63) is 0 Å². The number of thiocarbonyl (C=S) groups is 1. The van der Waals surface area contributed by atoms with E-state index in [-0.39, 0.29) is 13.2 Å². The van der Waals surface area contributed by atoms with Gasteiger partial charge in [-0.1, -0.05) is 71.1 Å². The quantitative estimate of drug-likeness (QED) is 0.293. The van der Waals surface area contributed by atoms with Crippen molar-refractivity contribution >= 4 is 17.3 Å². The highest BCUT2D eigenvalue weighted by atomic mass is 32.1. The molecule has 0 radical (unpaired) electrons. The Balaban J connectivity index is 2.01. The standard InChI is InChI=1S/C20H38O5S/c1-2-3-4-5-6-7-8-9-10-11-12-13-18(26)25-17(14-21)20-19(23)16(22)15-24-20/h16-17,19-23H,2-15H2,1H3. The fourth-order valence-electron chi connectivity index (χ4n) is 3.32. The zero-order valence-electron chi connectivity index (χ0n) is 16.3. The third kappa shape index (κ3) is 9.60. The molecule has 0 aromatic rings. The summed E-state index contributed by atoms with van der Waals surface area (Å²) in [5.41, 5.74) is 0. The van der Waals surface area contributed by atoms with E-state index in [1.165, 1.54) is 57.8 Å². The molecule has 0 bridgehead atoms. The fraction of sp³-hybridized carbons (Fsp3) is 0.950. The molecule has 6 heteroatoms. The maximum absolute atomic E-state index is 9.84. The van der Waals surface area contributed by atoms with Gasteiger partial charge in [0.1, 0.15) is 18.3 Å². The molecule has 1 aliphatic heterocycles. The van der Waals surface area contributed by atoms with E-state index in [2.05, 4.69) is 6.92 Å². The van der Waals surface area contributed by atoms with E-state index < -0.39 is 24.4 Å². The smallest absolute Gasteiger partial charge is 0.160 e. The first-order valence-electron chi connectivity index (χ1n) is 10.4. The molecule has 1 saturated heterocycles. The Morgan fingerprint density at radius 2 is 1.54 bits per heavy atom. The zero-order valence-corrected chi connectivity index (χ0v) is 17.1. The molecule has 154 valence electrons. The molecule has 4 atom stereocenters. The van der Waals surface area contributed by atoms with Gasteiger partial charge in [0.15, 0.2) is 11.2 Å². The number of hydrogen-bond donors (Lipinski definition) is 3. The second-order valence-electron chi connectivity index (χ2n) is 7.35. The van der Waals surface area contributed by atoms with Gasteiger partial charge in [0.2, 0.25) is 0 Å². The minimum Gasteiger partial charge on any atom is -0.479 e. The fourth-order valence-corrected chi connectivity index (χ4v) is 3.59. The molecule has 0 aromatic heterocycles. The van der Waals surface area contributed by atoms with Crippen LogP contribution < -0.4 is 0 Å². The summed E-state index contributed by atoms with van der Waals surface area (Å²) >= 11 is 5.24. The van der Waals surface area contributed by atoms with Crippen molar-refractivity contribution in [1.82, 2.24) is 0 Å². The van der Waals surface area contributed by atoms with E-state index in [4.69, 9.17) is 21.7 Å². The molecular formula is C20H38O5S. The summed E-state index contributed by atoms with van der Waals surface area (Å²) in [7, 11) is 0. The highest BCUT2D eigenvalue weighted by molar-refractivity contribution is 7.80. The van der Waals surface area contributed by atoms with Crippen LogP contribution in [0.2, 0.25) is 0 Å².